The van der Waals surface area contributed by atoms with Crippen LogP contribution in [-0.2, 0) is 6.54 Å². The predicted octanol–water partition coefficient (Wildman–Crippen LogP) is 2.87. The summed E-state index contributed by atoms with van der Waals surface area (Å²) < 4.78 is 0. The van der Waals surface area contributed by atoms with Gasteiger partial charge in [-0.05, 0) is 56.2 Å². The number of thiocarbonyl (C=S) groups is 1. The Morgan fingerprint density at radius 2 is 1.92 bits per heavy atom. The molecule has 142 valence electrons. The van der Waals surface area contributed by atoms with Gasteiger partial charge < -0.3 is 20.1 Å². The maximum absolute atomic E-state index is 12.6. The molecule has 2 rings (SSSR count). The molecule has 0 amide bonds. The highest BCUT2D eigenvalue weighted by atomic mass is 32.1. The number of nitrogens with one attached hydrogen (secondary N) is 2. The number of nitrogens with zero attached hydrogens (tertiary/aromatic N) is 2. The zero-order valence-corrected chi connectivity index (χ0v) is 17.1. The number of aromatic amines is 1. The van der Waals surface area contributed by atoms with Gasteiger partial charge in [0.25, 0.3) is 5.56 Å². The van der Waals surface area contributed by atoms with Crippen molar-refractivity contribution < 1.29 is 0 Å². The third-order valence-electron chi connectivity index (χ3n) is 4.72. The number of rotatable bonds is 8. The summed E-state index contributed by atoms with van der Waals surface area (Å²) >= 11 is 5.54. The first-order valence-electron chi connectivity index (χ1n) is 9.36. The third-order valence-corrected chi connectivity index (χ3v) is 5.12. The molecule has 2 N–H and O–H groups in total. The van der Waals surface area contributed by atoms with Crippen molar-refractivity contribution in [2.45, 2.75) is 34.2 Å². The molecule has 0 atom stereocenters. The average molecular weight is 375 g/mol. The molecule has 2 aromatic rings. The van der Waals surface area contributed by atoms with Crippen LogP contribution in [0.15, 0.2) is 29.1 Å². The van der Waals surface area contributed by atoms with E-state index in [1.165, 1.54) is 0 Å². The molecule has 1 heterocycles. The van der Waals surface area contributed by atoms with E-state index >= 15 is 0 Å². The number of hydrogen-bond donors (Lipinski definition) is 2. The molecule has 0 unspecified atom stereocenters. The van der Waals surface area contributed by atoms with Crippen LogP contribution in [0, 0.1) is 6.92 Å². The van der Waals surface area contributed by atoms with Gasteiger partial charge in [0.1, 0.15) is 0 Å². The molecular weight excluding hydrogens is 344 g/mol. The van der Waals surface area contributed by atoms with Crippen molar-refractivity contribution in [3.05, 3.63) is 45.7 Å². The summed E-state index contributed by atoms with van der Waals surface area (Å²) in [5.74, 6) is 0. The molecule has 0 saturated carbocycles. The number of hydrogen-bond acceptors (Lipinski definition) is 3. The fourth-order valence-corrected chi connectivity index (χ4v) is 3.37. The summed E-state index contributed by atoms with van der Waals surface area (Å²) in [5, 5.41) is 4.97. The Morgan fingerprint density at radius 1 is 1.19 bits per heavy atom. The normalized spacial score (nSPS) is 11.1. The first-order chi connectivity index (χ1) is 12.5. The van der Waals surface area contributed by atoms with E-state index in [4.69, 9.17) is 12.2 Å². The van der Waals surface area contributed by atoms with Gasteiger partial charge in [-0.2, -0.15) is 0 Å². The summed E-state index contributed by atoms with van der Waals surface area (Å²) in [5.41, 5.74) is 2.68. The monoisotopic (exact) mass is 374 g/mol. The highest BCUT2D eigenvalue weighted by molar-refractivity contribution is 7.80. The molecule has 0 fully saturated rings. The van der Waals surface area contributed by atoms with Crippen LogP contribution in [0.1, 0.15) is 31.9 Å². The van der Waals surface area contributed by atoms with E-state index in [1.54, 1.807) is 0 Å². The topological polar surface area (TPSA) is 51.4 Å². The highest BCUT2D eigenvalue weighted by Gasteiger charge is 2.14. The van der Waals surface area contributed by atoms with Gasteiger partial charge in [-0.25, -0.2) is 0 Å². The lowest BCUT2D eigenvalue weighted by Crippen LogP contribution is -2.44. The fourth-order valence-electron chi connectivity index (χ4n) is 3.07. The van der Waals surface area contributed by atoms with E-state index in [-0.39, 0.29) is 5.56 Å². The molecule has 5 nitrogen and oxygen atoms in total. The minimum absolute atomic E-state index is 0.0427. The van der Waals surface area contributed by atoms with Crippen LogP contribution in [0.2, 0.25) is 0 Å². The lowest BCUT2D eigenvalue weighted by molar-refractivity contribution is 0.263. The Kier molecular flexibility index (Phi) is 7.60. The Bertz CT molecular complexity index is 798. The van der Waals surface area contributed by atoms with Gasteiger partial charge in [-0.15, -0.1) is 0 Å². The molecule has 1 aromatic carbocycles. The number of para-hydroxylation sites is 1. The van der Waals surface area contributed by atoms with Gasteiger partial charge in [0, 0.05) is 25.2 Å². The second-order valence-electron chi connectivity index (χ2n) is 6.45. The largest absolute Gasteiger partial charge is 0.363 e. The van der Waals surface area contributed by atoms with Crippen LogP contribution in [0.25, 0.3) is 10.9 Å². The number of H-pyrrole nitrogens is 1. The number of aromatic nitrogens is 1. The second kappa shape index (κ2) is 9.69. The lowest BCUT2D eigenvalue weighted by Gasteiger charge is -2.28. The van der Waals surface area contributed by atoms with Crippen LogP contribution in [0.5, 0.6) is 0 Å². The number of pyridine rings is 1. The minimum Gasteiger partial charge on any atom is -0.363 e. The molecule has 0 saturated heterocycles. The van der Waals surface area contributed by atoms with Gasteiger partial charge in [0.2, 0.25) is 0 Å². The first kappa shape index (κ1) is 20.4. The van der Waals surface area contributed by atoms with Crippen molar-refractivity contribution >= 4 is 28.2 Å². The summed E-state index contributed by atoms with van der Waals surface area (Å²) in [4.78, 5) is 20.1. The van der Waals surface area contributed by atoms with Crippen molar-refractivity contribution in [2.75, 3.05) is 32.7 Å². The molecular formula is C20H30N4OS. The maximum Gasteiger partial charge on any atom is 0.253 e. The molecule has 6 heteroatoms. The summed E-state index contributed by atoms with van der Waals surface area (Å²) in [7, 11) is 0. The van der Waals surface area contributed by atoms with Crippen molar-refractivity contribution in [3.63, 3.8) is 0 Å². The van der Waals surface area contributed by atoms with Crippen LogP contribution in [0.3, 0.4) is 0 Å². The second-order valence-corrected chi connectivity index (χ2v) is 6.83. The van der Waals surface area contributed by atoms with Crippen LogP contribution in [-0.4, -0.2) is 52.6 Å². The third kappa shape index (κ3) is 5.05. The molecule has 0 aliphatic rings. The van der Waals surface area contributed by atoms with Crippen molar-refractivity contribution in [2.24, 2.45) is 0 Å². The van der Waals surface area contributed by atoms with Crippen LogP contribution in [0.4, 0.5) is 0 Å². The van der Waals surface area contributed by atoms with Gasteiger partial charge >= 0.3 is 0 Å². The Labute approximate surface area is 161 Å². The van der Waals surface area contributed by atoms with Crippen molar-refractivity contribution in [1.29, 1.82) is 0 Å². The Morgan fingerprint density at radius 3 is 2.58 bits per heavy atom. The molecule has 0 bridgehead atoms. The summed E-state index contributed by atoms with van der Waals surface area (Å²) in [6, 6.07) is 8.04. The minimum atomic E-state index is -0.0427. The van der Waals surface area contributed by atoms with E-state index < -0.39 is 0 Å². The van der Waals surface area contributed by atoms with Gasteiger partial charge in [0.15, 0.2) is 5.11 Å². The molecule has 0 radical (unpaired) electrons. The van der Waals surface area contributed by atoms with E-state index in [0.717, 1.165) is 54.8 Å². The zero-order chi connectivity index (χ0) is 19.1. The van der Waals surface area contributed by atoms with Crippen LogP contribution >= 0.6 is 12.2 Å². The predicted molar refractivity (Wildman–Crippen MR) is 114 cm³/mol. The van der Waals surface area contributed by atoms with Crippen molar-refractivity contribution in [1.82, 2.24) is 20.1 Å². The van der Waals surface area contributed by atoms with Gasteiger partial charge in [0.05, 0.1) is 12.1 Å². The van der Waals surface area contributed by atoms with Gasteiger partial charge in [-0.3, -0.25) is 4.79 Å². The maximum atomic E-state index is 12.6. The van der Waals surface area contributed by atoms with Gasteiger partial charge in [-0.1, -0.05) is 32.0 Å². The quantitative estimate of drug-likeness (QED) is 0.696. The van der Waals surface area contributed by atoms with E-state index in [0.29, 0.717) is 11.7 Å². The Hall–Kier alpha value is -1.92. The number of benzene rings is 1. The summed E-state index contributed by atoms with van der Waals surface area (Å²) in [6.45, 7) is 13.4. The smallest absolute Gasteiger partial charge is 0.253 e. The molecule has 1 aromatic heterocycles. The van der Waals surface area contributed by atoms with E-state index in [9.17, 15) is 4.79 Å². The number of likely N-dealkylation sites (N-methyl/N-ethyl adjacent to an activating group) is 1. The zero-order valence-electron chi connectivity index (χ0n) is 16.3. The highest BCUT2D eigenvalue weighted by Crippen LogP contribution is 2.15. The fraction of sp³-hybridized carbons (Fsp3) is 0.500. The Balaban J connectivity index is 2.26. The lowest BCUT2D eigenvalue weighted by atomic mass is 10.1. The standard InChI is InChI=1S/C20H30N4OS/c1-5-21-20(26)24(12-11-23(6-2)7-3)14-17-13-16-10-8-9-15(4)18(16)22-19(17)25/h8-10,13H,5-7,11-12,14H2,1-4H3,(H,21,26)(H,22,25). The molecule has 0 spiro atoms. The SMILES string of the molecule is CCNC(=S)N(CCN(CC)CC)Cc1cc2cccc(C)c2[nH]c1=O. The van der Waals surface area contributed by atoms with E-state index in [1.807, 2.05) is 38.1 Å². The average Bonchev–Trinajstić information content (AvgIpc) is 2.63. The molecule has 0 aliphatic carbocycles. The number of fused-ring (bicyclic) bond motifs is 1. The molecule has 0 aliphatic heterocycles. The van der Waals surface area contributed by atoms with Crippen LogP contribution < -0.4 is 10.9 Å². The number of aryl methyl sites for hydroxylation is 1. The molecule has 26 heavy (non-hydrogen) atoms. The first-order valence-corrected chi connectivity index (χ1v) is 9.77. The summed E-state index contributed by atoms with van der Waals surface area (Å²) in [6.07, 6.45) is 0. The van der Waals surface area contributed by atoms with Crippen molar-refractivity contribution in [3.8, 4) is 0 Å². The van der Waals surface area contributed by atoms with E-state index in [2.05, 4.69) is 33.9 Å².